The lowest BCUT2D eigenvalue weighted by Crippen LogP contribution is -2.41. The summed E-state index contributed by atoms with van der Waals surface area (Å²) in [5.74, 6) is 3.32. The first-order chi connectivity index (χ1) is 9.65. The lowest BCUT2D eigenvalue weighted by atomic mass is 9.82. The second-order valence-corrected chi connectivity index (χ2v) is 7.04. The molecule has 2 aromatic heterocycles. The molecule has 0 bridgehead atoms. The zero-order valence-electron chi connectivity index (χ0n) is 11.9. The van der Waals surface area contributed by atoms with E-state index in [4.69, 9.17) is 0 Å². The fourth-order valence-electron chi connectivity index (χ4n) is 2.39. The van der Waals surface area contributed by atoms with Crippen LogP contribution in [-0.2, 0) is 0 Å². The number of hydrogen-bond acceptors (Lipinski definition) is 4. The van der Waals surface area contributed by atoms with Crippen molar-refractivity contribution < 1.29 is 0 Å². The monoisotopic (exact) mass is 288 g/mol. The minimum Gasteiger partial charge on any atom is -0.380 e. The Labute approximate surface area is 124 Å². The van der Waals surface area contributed by atoms with Crippen LogP contribution in [0.25, 0.3) is 5.82 Å². The van der Waals surface area contributed by atoms with Crippen molar-refractivity contribution in [3.05, 3.63) is 37.1 Å². The Bertz CT molecular complexity index is 548. The summed E-state index contributed by atoms with van der Waals surface area (Å²) in [6.45, 7) is 4.69. The van der Waals surface area contributed by atoms with E-state index in [1.165, 1.54) is 12.2 Å². The largest absolute Gasteiger partial charge is 0.380 e. The van der Waals surface area contributed by atoms with E-state index in [0.29, 0.717) is 11.5 Å². The van der Waals surface area contributed by atoms with E-state index < -0.39 is 0 Å². The number of aromatic nitrogens is 3. The van der Waals surface area contributed by atoms with Crippen LogP contribution in [0.3, 0.4) is 0 Å². The molecule has 20 heavy (non-hydrogen) atoms. The number of hydrogen-bond donors (Lipinski definition) is 1. The van der Waals surface area contributed by atoms with Crippen LogP contribution in [0.1, 0.15) is 20.3 Å². The third kappa shape index (κ3) is 2.82. The zero-order valence-corrected chi connectivity index (χ0v) is 12.7. The van der Waals surface area contributed by atoms with Gasteiger partial charge in [0.05, 0.1) is 11.9 Å². The number of thioether (sulfide) groups is 1. The molecule has 1 atom stereocenters. The summed E-state index contributed by atoms with van der Waals surface area (Å²) in [7, 11) is 0. The van der Waals surface area contributed by atoms with Crippen molar-refractivity contribution >= 4 is 17.4 Å². The van der Waals surface area contributed by atoms with E-state index in [0.717, 1.165) is 17.3 Å². The highest BCUT2D eigenvalue weighted by molar-refractivity contribution is 7.99. The molecule has 1 unspecified atom stereocenters. The molecule has 0 aromatic carbocycles. The molecule has 1 aliphatic rings. The SMILES string of the molecule is CC1(C)CCSCC1Nc1ccc(-n2ccnc2)nc1. The molecule has 106 valence electrons. The van der Waals surface area contributed by atoms with Crippen LogP contribution in [0.4, 0.5) is 5.69 Å². The van der Waals surface area contributed by atoms with Crippen molar-refractivity contribution in [3.8, 4) is 5.82 Å². The van der Waals surface area contributed by atoms with Crippen LogP contribution in [0.2, 0.25) is 0 Å². The highest BCUT2D eigenvalue weighted by atomic mass is 32.2. The van der Waals surface area contributed by atoms with Gasteiger partial charge in [-0.2, -0.15) is 11.8 Å². The Kier molecular flexibility index (Phi) is 3.70. The molecule has 2 aromatic rings. The van der Waals surface area contributed by atoms with Crippen LogP contribution in [0.15, 0.2) is 37.1 Å². The second kappa shape index (κ2) is 5.48. The standard InChI is InChI=1S/C15H20N4S/c1-15(2)5-8-20-10-13(15)18-12-3-4-14(17-9-12)19-7-6-16-11-19/h3-4,6-7,9,11,13,18H,5,8,10H2,1-2H3. The minimum atomic E-state index is 0.342. The normalized spacial score (nSPS) is 21.6. The first-order valence-electron chi connectivity index (χ1n) is 6.94. The summed E-state index contributed by atoms with van der Waals surface area (Å²) in [4.78, 5) is 8.53. The topological polar surface area (TPSA) is 42.7 Å². The predicted octanol–water partition coefficient (Wildman–Crippen LogP) is 3.21. The van der Waals surface area contributed by atoms with Gasteiger partial charge in [0.1, 0.15) is 12.1 Å². The Hall–Kier alpha value is -1.49. The molecule has 0 saturated carbocycles. The van der Waals surface area contributed by atoms with Crippen LogP contribution < -0.4 is 5.32 Å². The molecule has 1 aliphatic heterocycles. The van der Waals surface area contributed by atoms with Gasteiger partial charge in [-0.1, -0.05) is 13.8 Å². The zero-order chi connectivity index (χ0) is 14.0. The lowest BCUT2D eigenvalue weighted by molar-refractivity contribution is 0.305. The third-order valence-electron chi connectivity index (χ3n) is 3.98. The Morgan fingerprint density at radius 2 is 2.30 bits per heavy atom. The predicted molar refractivity (Wildman–Crippen MR) is 84.5 cm³/mol. The van der Waals surface area contributed by atoms with Gasteiger partial charge in [-0.25, -0.2) is 9.97 Å². The smallest absolute Gasteiger partial charge is 0.137 e. The summed E-state index contributed by atoms with van der Waals surface area (Å²) in [5, 5.41) is 3.64. The number of imidazole rings is 1. The van der Waals surface area contributed by atoms with E-state index in [1.54, 1.807) is 12.5 Å². The van der Waals surface area contributed by atoms with Crippen LogP contribution in [-0.4, -0.2) is 32.1 Å². The maximum Gasteiger partial charge on any atom is 0.137 e. The molecular formula is C15H20N4S. The van der Waals surface area contributed by atoms with E-state index >= 15 is 0 Å². The first kappa shape index (κ1) is 13.5. The molecular weight excluding hydrogens is 268 g/mol. The van der Waals surface area contributed by atoms with Gasteiger partial charge in [-0.3, -0.25) is 4.57 Å². The van der Waals surface area contributed by atoms with E-state index in [2.05, 4.69) is 35.2 Å². The average molecular weight is 288 g/mol. The summed E-state index contributed by atoms with van der Waals surface area (Å²) in [6.07, 6.45) is 8.59. The van der Waals surface area contributed by atoms with Crippen molar-refractivity contribution in [1.29, 1.82) is 0 Å². The third-order valence-corrected chi connectivity index (χ3v) is 5.04. The van der Waals surface area contributed by atoms with Gasteiger partial charge in [0.25, 0.3) is 0 Å². The van der Waals surface area contributed by atoms with Crippen molar-refractivity contribution in [3.63, 3.8) is 0 Å². The summed E-state index contributed by atoms with van der Waals surface area (Å²) in [5.41, 5.74) is 1.43. The van der Waals surface area contributed by atoms with Gasteiger partial charge in [0.15, 0.2) is 0 Å². The van der Waals surface area contributed by atoms with Crippen LogP contribution in [0.5, 0.6) is 0 Å². The summed E-state index contributed by atoms with van der Waals surface area (Å²) < 4.78 is 1.91. The Balaban J connectivity index is 1.72. The van der Waals surface area contributed by atoms with Gasteiger partial charge in [0, 0.05) is 24.2 Å². The second-order valence-electron chi connectivity index (χ2n) is 5.89. The number of nitrogens with one attached hydrogen (secondary N) is 1. The highest BCUT2D eigenvalue weighted by Crippen LogP contribution is 2.35. The average Bonchev–Trinajstić information content (AvgIpc) is 2.96. The molecule has 5 heteroatoms. The first-order valence-corrected chi connectivity index (χ1v) is 8.09. The molecule has 0 aliphatic carbocycles. The van der Waals surface area contributed by atoms with E-state index in [9.17, 15) is 0 Å². The molecule has 1 saturated heterocycles. The molecule has 3 heterocycles. The Morgan fingerprint density at radius 3 is 2.95 bits per heavy atom. The van der Waals surface area contributed by atoms with Crippen molar-refractivity contribution in [2.75, 3.05) is 16.8 Å². The molecule has 0 radical (unpaired) electrons. The summed E-state index contributed by atoms with van der Waals surface area (Å²) >= 11 is 2.03. The quantitative estimate of drug-likeness (QED) is 0.942. The van der Waals surface area contributed by atoms with E-state index in [-0.39, 0.29) is 0 Å². The fourth-order valence-corrected chi connectivity index (χ4v) is 4.00. The molecule has 0 spiro atoms. The Morgan fingerprint density at radius 1 is 1.40 bits per heavy atom. The van der Waals surface area contributed by atoms with Crippen LogP contribution in [0, 0.1) is 5.41 Å². The molecule has 3 rings (SSSR count). The number of nitrogens with zero attached hydrogens (tertiary/aromatic N) is 3. The van der Waals surface area contributed by atoms with Gasteiger partial charge in [0.2, 0.25) is 0 Å². The van der Waals surface area contributed by atoms with Crippen LogP contribution >= 0.6 is 11.8 Å². The lowest BCUT2D eigenvalue weighted by Gasteiger charge is -2.39. The van der Waals surface area contributed by atoms with Crippen molar-refractivity contribution in [2.24, 2.45) is 5.41 Å². The van der Waals surface area contributed by atoms with Gasteiger partial charge in [-0.15, -0.1) is 0 Å². The van der Waals surface area contributed by atoms with Gasteiger partial charge in [-0.05, 0) is 29.7 Å². The van der Waals surface area contributed by atoms with Gasteiger partial charge >= 0.3 is 0 Å². The maximum atomic E-state index is 4.49. The van der Waals surface area contributed by atoms with Crippen molar-refractivity contribution in [1.82, 2.24) is 14.5 Å². The molecule has 1 fully saturated rings. The molecule has 4 nitrogen and oxygen atoms in total. The fraction of sp³-hybridized carbons (Fsp3) is 0.467. The summed E-state index contributed by atoms with van der Waals surface area (Å²) in [6, 6.07) is 4.62. The molecule has 0 amide bonds. The van der Waals surface area contributed by atoms with Crippen molar-refractivity contribution in [2.45, 2.75) is 26.3 Å². The number of rotatable bonds is 3. The minimum absolute atomic E-state index is 0.342. The number of pyridine rings is 1. The van der Waals surface area contributed by atoms with Gasteiger partial charge < -0.3 is 5.32 Å². The molecule has 1 N–H and O–H groups in total. The number of anilines is 1. The highest BCUT2D eigenvalue weighted by Gasteiger charge is 2.32. The van der Waals surface area contributed by atoms with E-state index in [1.807, 2.05) is 34.8 Å². The maximum absolute atomic E-state index is 4.49.